The molecule has 0 spiro atoms. The Balaban J connectivity index is 2.45. The first-order chi connectivity index (χ1) is 9.34. The minimum absolute atomic E-state index is 1.40. The first-order valence-corrected chi connectivity index (χ1v) is 7.40. The van der Waals surface area contributed by atoms with Gasteiger partial charge in [0.05, 0.1) is 0 Å². The van der Waals surface area contributed by atoms with E-state index in [1.54, 1.807) is 0 Å². The average molecular weight is 263 g/mol. The second-order valence-electron chi connectivity index (χ2n) is 6.34. The molecule has 0 heteroatoms. The second-order valence-corrected chi connectivity index (χ2v) is 6.34. The van der Waals surface area contributed by atoms with Crippen LogP contribution in [0.4, 0.5) is 0 Å². The van der Waals surface area contributed by atoms with E-state index in [0.717, 1.165) is 0 Å². The van der Waals surface area contributed by atoms with Gasteiger partial charge in [0.15, 0.2) is 0 Å². The minimum atomic E-state index is 1.40. The van der Waals surface area contributed by atoms with Gasteiger partial charge in [-0.2, -0.15) is 0 Å². The molecule has 2 aromatic carbocycles. The van der Waals surface area contributed by atoms with E-state index in [1.807, 2.05) is 0 Å². The highest BCUT2D eigenvalue weighted by Crippen LogP contribution is 2.46. The Hall–Kier alpha value is -1.56. The standard InChI is InChI=1S/C20H23/c1-10-8-17-9-18-14(5)12(3)13(4)16(7)20(18)19(17)15(6)11(10)2/h8-9H,1-7H3. The number of hydrogen-bond acceptors (Lipinski definition) is 0. The molecule has 3 rings (SSSR count). The van der Waals surface area contributed by atoms with Crippen molar-refractivity contribution in [1.82, 2.24) is 0 Å². The summed E-state index contributed by atoms with van der Waals surface area (Å²) >= 11 is 0. The van der Waals surface area contributed by atoms with Gasteiger partial charge in [-0.3, -0.25) is 0 Å². The molecule has 0 heterocycles. The van der Waals surface area contributed by atoms with Crippen molar-refractivity contribution in [2.75, 3.05) is 0 Å². The zero-order valence-electron chi connectivity index (χ0n) is 13.7. The lowest BCUT2D eigenvalue weighted by Gasteiger charge is -2.18. The third-order valence-corrected chi connectivity index (χ3v) is 5.48. The van der Waals surface area contributed by atoms with Gasteiger partial charge in [-0.1, -0.05) is 6.07 Å². The Morgan fingerprint density at radius 3 is 1.75 bits per heavy atom. The number of benzene rings is 2. The van der Waals surface area contributed by atoms with Crippen LogP contribution < -0.4 is 0 Å². The molecular weight excluding hydrogens is 240 g/mol. The molecule has 0 bridgehead atoms. The normalized spacial score (nSPS) is 12.6. The quantitative estimate of drug-likeness (QED) is 0.507. The molecule has 0 N–H and O–H groups in total. The van der Waals surface area contributed by atoms with Crippen LogP contribution in [0.15, 0.2) is 6.07 Å². The summed E-state index contributed by atoms with van der Waals surface area (Å²) in [6.07, 6.45) is 2.39. The fourth-order valence-corrected chi connectivity index (χ4v) is 3.56. The van der Waals surface area contributed by atoms with Crippen LogP contribution in [0.1, 0.15) is 50.1 Å². The summed E-state index contributed by atoms with van der Waals surface area (Å²) in [5, 5.41) is 0. The zero-order chi connectivity index (χ0) is 14.8. The molecule has 2 aromatic rings. The molecule has 0 amide bonds. The molecule has 20 heavy (non-hydrogen) atoms. The molecule has 1 aliphatic carbocycles. The smallest absolute Gasteiger partial charge is 0.0215 e. The first-order valence-electron chi connectivity index (χ1n) is 7.40. The number of rotatable bonds is 0. The van der Waals surface area contributed by atoms with Gasteiger partial charge >= 0.3 is 0 Å². The zero-order valence-corrected chi connectivity index (χ0v) is 13.7. The van der Waals surface area contributed by atoms with Crippen LogP contribution in [0.25, 0.3) is 11.1 Å². The van der Waals surface area contributed by atoms with Crippen LogP contribution in [0, 0.1) is 54.9 Å². The Labute approximate surface area is 122 Å². The molecule has 0 aliphatic heterocycles. The lowest BCUT2D eigenvalue weighted by molar-refractivity contribution is 1.20. The number of aryl methyl sites for hydroxylation is 1. The van der Waals surface area contributed by atoms with Crippen molar-refractivity contribution >= 4 is 0 Å². The van der Waals surface area contributed by atoms with E-state index in [0.29, 0.717) is 0 Å². The SMILES string of the molecule is Cc1cc2c(c(C)c1C)-c1c(C)c(C)c(C)c(C)c1[CH]2. The van der Waals surface area contributed by atoms with Gasteiger partial charge in [0, 0.05) is 6.42 Å². The lowest BCUT2D eigenvalue weighted by Crippen LogP contribution is -1.98. The van der Waals surface area contributed by atoms with Crippen molar-refractivity contribution in [3.63, 3.8) is 0 Å². The van der Waals surface area contributed by atoms with Gasteiger partial charge < -0.3 is 0 Å². The van der Waals surface area contributed by atoms with Crippen molar-refractivity contribution in [3.8, 4) is 11.1 Å². The average Bonchev–Trinajstić information content (AvgIpc) is 2.79. The van der Waals surface area contributed by atoms with Crippen molar-refractivity contribution in [2.24, 2.45) is 0 Å². The maximum Gasteiger partial charge on any atom is 0.0215 e. The van der Waals surface area contributed by atoms with E-state index in [9.17, 15) is 0 Å². The van der Waals surface area contributed by atoms with Crippen LogP contribution in [0.2, 0.25) is 0 Å². The van der Waals surface area contributed by atoms with Crippen molar-refractivity contribution in [3.05, 3.63) is 62.6 Å². The first kappa shape index (κ1) is 13.4. The summed E-state index contributed by atoms with van der Waals surface area (Å²) in [7, 11) is 0. The fraction of sp³-hybridized carbons (Fsp3) is 0.350. The van der Waals surface area contributed by atoms with Crippen molar-refractivity contribution in [2.45, 2.75) is 48.5 Å². The van der Waals surface area contributed by atoms with Crippen molar-refractivity contribution < 1.29 is 0 Å². The summed E-state index contributed by atoms with van der Waals surface area (Å²) in [5.41, 5.74) is 15.8. The van der Waals surface area contributed by atoms with E-state index >= 15 is 0 Å². The second kappa shape index (κ2) is 4.22. The van der Waals surface area contributed by atoms with Crippen LogP contribution >= 0.6 is 0 Å². The Morgan fingerprint density at radius 1 is 0.550 bits per heavy atom. The third kappa shape index (κ3) is 1.54. The van der Waals surface area contributed by atoms with E-state index in [2.05, 4.69) is 61.0 Å². The third-order valence-electron chi connectivity index (χ3n) is 5.48. The maximum absolute atomic E-state index is 2.39. The van der Waals surface area contributed by atoms with E-state index in [1.165, 1.54) is 61.2 Å². The van der Waals surface area contributed by atoms with Gasteiger partial charge in [-0.15, -0.1) is 0 Å². The highest BCUT2D eigenvalue weighted by atomic mass is 14.3. The summed E-state index contributed by atoms with van der Waals surface area (Å²) in [5.74, 6) is 0. The van der Waals surface area contributed by atoms with E-state index in [-0.39, 0.29) is 0 Å². The number of fused-ring (bicyclic) bond motifs is 3. The Bertz CT molecular complexity index is 746. The van der Waals surface area contributed by atoms with E-state index in [4.69, 9.17) is 0 Å². The van der Waals surface area contributed by atoms with Gasteiger partial charge in [0.25, 0.3) is 0 Å². The largest absolute Gasteiger partial charge is 0.0545 e. The van der Waals surface area contributed by atoms with Crippen LogP contribution in [-0.2, 0) is 0 Å². The Morgan fingerprint density at radius 2 is 1.10 bits per heavy atom. The number of hydrogen-bond donors (Lipinski definition) is 0. The monoisotopic (exact) mass is 263 g/mol. The molecule has 0 saturated carbocycles. The Kier molecular flexibility index (Phi) is 2.83. The summed E-state index contributed by atoms with van der Waals surface area (Å²) < 4.78 is 0. The minimum Gasteiger partial charge on any atom is -0.0545 e. The molecule has 0 fully saturated rings. The van der Waals surface area contributed by atoms with Crippen LogP contribution in [0.3, 0.4) is 0 Å². The van der Waals surface area contributed by atoms with Gasteiger partial charge in [0.2, 0.25) is 0 Å². The maximum atomic E-state index is 2.39. The predicted octanol–water partition coefficient (Wildman–Crippen LogP) is 5.43. The summed E-state index contributed by atoms with van der Waals surface area (Å²) in [4.78, 5) is 0. The van der Waals surface area contributed by atoms with Gasteiger partial charge in [-0.05, 0) is 110 Å². The van der Waals surface area contributed by atoms with Crippen LogP contribution in [0.5, 0.6) is 0 Å². The highest BCUT2D eigenvalue weighted by Gasteiger charge is 2.27. The molecule has 1 aliphatic rings. The molecule has 0 saturated heterocycles. The van der Waals surface area contributed by atoms with E-state index < -0.39 is 0 Å². The predicted molar refractivity (Wildman–Crippen MR) is 87.5 cm³/mol. The van der Waals surface area contributed by atoms with Gasteiger partial charge in [0.1, 0.15) is 0 Å². The molecular formula is C20H23. The van der Waals surface area contributed by atoms with Gasteiger partial charge in [-0.25, -0.2) is 0 Å². The molecule has 0 atom stereocenters. The molecule has 0 unspecified atom stereocenters. The lowest BCUT2D eigenvalue weighted by atomic mass is 9.87. The summed E-state index contributed by atoms with van der Waals surface area (Å²) in [6.45, 7) is 15.8. The topological polar surface area (TPSA) is 0 Å². The summed E-state index contributed by atoms with van der Waals surface area (Å²) in [6, 6.07) is 2.35. The molecule has 103 valence electrons. The molecule has 0 nitrogen and oxygen atoms in total. The van der Waals surface area contributed by atoms with Crippen LogP contribution in [-0.4, -0.2) is 0 Å². The molecule has 1 radical (unpaired) electrons. The fourth-order valence-electron chi connectivity index (χ4n) is 3.56. The highest BCUT2D eigenvalue weighted by molar-refractivity contribution is 5.88. The van der Waals surface area contributed by atoms with Crippen molar-refractivity contribution in [1.29, 1.82) is 0 Å². The molecule has 0 aromatic heterocycles.